The summed E-state index contributed by atoms with van der Waals surface area (Å²) < 4.78 is 1.86. The van der Waals surface area contributed by atoms with Gasteiger partial charge in [0.25, 0.3) is 5.56 Å². The van der Waals surface area contributed by atoms with Crippen LogP contribution in [0.1, 0.15) is 30.0 Å². The molecule has 7 nitrogen and oxygen atoms in total. The number of hydrogen-bond acceptors (Lipinski definition) is 6. The minimum Gasteiger partial charge on any atom is -0.369 e. The fraction of sp³-hybridized carbons (Fsp3) is 0.321. The Labute approximate surface area is 205 Å². The smallest absolute Gasteiger partial charge is 0.252 e. The Morgan fingerprint density at radius 2 is 1.74 bits per heavy atom. The van der Waals surface area contributed by atoms with Crippen LogP contribution in [0.5, 0.6) is 0 Å². The van der Waals surface area contributed by atoms with E-state index in [0.717, 1.165) is 56.5 Å². The van der Waals surface area contributed by atoms with Gasteiger partial charge in [0.05, 0.1) is 6.04 Å². The van der Waals surface area contributed by atoms with Crippen molar-refractivity contribution in [2.45, 2.75) is 25.3 Å². The molecule has 0 bridgehead atoms. The van der Waals surface area contributed by atoms with Crippen molar-refractivity contribution in [1.29, 1.82) is 0 Å². The van der Waals surface area contributed by atoms with E-state index in [1.165, 1.54) is 16.8 Å². The van der Waals surface area contributed by atoms with Gasteiger partial charge in [-0.25, -0.2) is 4.98 Å². The molecule has 178 valence electrons. The van der Waals surface area contributed by atoms with E-state index >= 15 is 0 Å². The molecule has 0 spiro atoms. The lowest BCUT2D eigenvalue weighted by atomic mass is 9.87. The molecule has 1 aliphatic heterocycles. The summed E-state index contributed by atoms with van der Waals surface area (Å²) in [5.74, 6) is 0.494. The number of rotatable bonds is 4. The van der Waals surface area contributed by atoms with Gasteiger partial charge < -0.3 is 15.1 Å². The lowest BCUT2D eigenvalue weighted by Crippen LogP contribution is -2.44. The molecular formula is C28H30N6O. The minimum atomic E-state index is -0.0274. The third-order valence-corrected chi connectivity index (χ3v) is 7.31. The van der Waals surface area contributed by atoms with Crippen LogP contribution in [-0.2, 0) is 6.42 Å². The molecule has 0 saturated carbocycles. The second kappa shape index (κ2) is 9.15. The number of nitrogens with one attached hydrogen (secondary N) is 1. The van der Waals surface area contributed by atoms with Gasteiger partial charge in [-0.05, 0) is 67.8 Å². The molecule has 4 aromatic rings. The Bertz CT molecular complexity index is 1410. The molecule has 1 saturated heterocycles. The normalized spacial score (nSPS) is 18.4. The Morgan fingerprint density at radius 3 is 2.57 bits per heavy atom. The molecule has 7 heteroatoms. The van der Waals surface area contributed by atoms with Crippen molar-refractivity contribution in [3.8, 4) is 0 Å². The van der Waals surface area contributed by atoms with Crippen molar-refractivity contribution in [1.82, 2.24) is 19.4 Å². The van der Waals surface area contributed by atoms with Gasteiger partial charge in [0.15, 0.2) is 0 Å². The summed E-state index contributed by atoms with van der Waals surface area (Å²) in [6.45, 7) is 4.24. The van der Waals surface area contributed by atoms with Crippen LogP contribution in [0.3, 0.4) is 0 Å². The van der Waals surface area contributed by atoms with E-state index in [1.807, 2.05) is 10.6 Å². The highest BCUT2D eigenvalue weighted by Crippen LogP contribution is 2.33. The number of piperazine rings is 1. The average Bonchev–Trinajstić information content (AvgIpc) is 2.89. The van der Waals surface area contributed by atoms with E-state index in [0.29, 0.717) is 11.6 Å². The number of pyridine rings is 1. The summed E-state index contributed by atoms with van der Waals surface area (Å²) in [5, 5.41) is 4.20. The summed E-state index contributed by atoms with van der Waals surface area (Å²) in [6, 6.07) is 20.3. The number of nitrogens with zero attached hydrogens (tertiary/aromatic N) is 5. The number of aromatic nitrogens is 3. The first-order chi connectivity index (χ1) is 17.2. The highest BCUT2D eigenvalue weighted by Gasteiger charge is 2.24. The van der Waals surface area contributed by atoms with Crippen LogP contribution in [0, 0.1) is 0 Å². The van der Waals surface area contributed by atoms with E-state index in [9.17, 15) is 4.79 Å². The van der Waals surface area contributed by atoms with E-state index in [1.54, 1.807) is 12.3 Å². The molecule has 6 rings (SSSR count). The second-order valence-electron chi connectivity index (χ2n) is 9.58. The molecule has 2 aromatic heterocycles. The van der Waals surface area contributed by atoms with Crippen LogP contribution in [-0.4, -0.2) is 52.7 Å². The molecule has 2 aliphatic rings. The Kier molecular flexibility index (Phi) is 5.70. The zero-order chi connectivity index (χ0) is 23.8. The number of hydrogen-bond donors (Lipinski definition) is 1. The third kappa shape index (κ3) is 4.28. The van der Waals surface area contributed by atoms with Crippen LogP contribution in [0.2, 0.25) is 0 Å². The number of aryl methyl sites for hydroxylation is 1. The van der Waals surface area contributed by atoms with Gasteiger partial charge in [-0.1, -0.05) is 24.3 Å². The van der Waals surface area contributed by atoms with Gasteiger partial charge in [-0.15, -0.1) is 0 Å². The summed E-state index contributed by atoms with van der Waals surface area (Å²) in [5.41, 5.74) is 5.34. The van der Waals surface area contributed by atoms with Crippen LogP contribution >= 0.6 is 0 Å². The van der Waals surface area contributed by atoms with Gasteiger partial charge in [0.1, 0.15) is 5.65 Å². The quantitative estimate of drug-likeness (QED) is 0.486. The number of benzene rings is 2. The van der Waals surface area contributed by atoms with Gasteiger partial charge in [-0.3, -0.25) is 9.36 Å². The predicted molar refractivity (Wildman–Crippen MR) is 141 cm³/mol. The summed E-state index contributed by atoms with van der Waals surface area (Å²) in [7, 11) is 2.17. The highest BCUT2D eigenvalue weighted by atomic mass is 16.1. The maximum Gasteiger partial charge on any atom is 0.252 e. The van der Waals surface area contributed by atoms with E-state index in [-0.39, 0.29) is 11.6 Å². The second-order valence-corrected chi connectivity index (χ2v) is 9.58. The molecule has 1 aliphatic carbocycles. The zero-order valence-electron chi connectivity index (χ0n) is 20.0. The van der Waals surface area contributed by atoms with Gasteiger partial charge in [0.2, 0.25) is 5.95 Å². The minimum absolute atomic E-state index is 0.0122. The van der Waals surface area contributed by atoms with Crippen molar-refractivity contribution in [2.75, 3.05) is 43.4 Å². The van der Waals surface area contributed by atoms with Crippen molar-refractivity contribution < 1.29 is 0 Å². The maximum atomic E-state index is 13.1. The van der Waals surface area contributed by atoms with Crippen LogP contribution in [0.15, 0.2) is 71.7 Å². The highest BCUT2D eigenvalue weighted by molar-refractivity contribution is 5.76. The van der Waals surface area contributed by atoms with Crippen LogP contribution in [0.25, 0.3) is 11.0 Å². The van der Waals surface area contributed by atoms with E-state index < -0.39 is 0 Å². The summed E-state index contributed by atoms with van der Waals surface area (Å²) in [4.78, 5) is 27.2. The molecule has 2 aromatic carbocycles. The van der Waals surface area contributed by atoms with Crippen molar-refractivity contribution >= 4 is 28.4 Å². The molecule has 0 unspecified atom stereocenters. The first-order valence-electron chi connectivity index (χ1n) is 12.4. The van der Waals surface area contributed by atoms with Crippen molar-refractivity contribution in [3.05, 3.63) is 88.3 Å². The molecule has 3 heterocycles. The predicted octanol–water partition coefficient (Wildman–Crippen LogP) is 4.21. The molecule has 0 radical (unpaired) electrons. The number of anilines is 3. The first-order valence-corrected chi connectivity index (χ1v) is 12.4. The maximum absolute atomic E-state index is 13.1. The Morgan fingerprint density at radius 1 is 0.943 bits per heavy atom. The standard InChI is InChI=1S/C28H30N6O/c1-32-15-17-33(18-16-32)23-12-10-22(11-13-23)30-28-29-19-21-9-14-26(35)34(27(21)31-28)25-8-4-6-20-5-2-3-7-24(20)25/h2-3,5,7,9-14,19,25H,4,6,8,15-18H2,1H3,(H,29,30,31)/t25-/m1/s1. The average molecular weight is 467 g/mol. The van der Waals surface area contributed by atoms with E-state index in [2.05, 4.69) is 75.7 Å². The third-order valence-electron chi connectivity index (χ3n) is 7.31. The van der Waals surface area contributed by atoms with Crippen molar-refractivity contribution in [3.63, 3.8) is 0 Å². The molecular weight excluding hydrogens is 436 g/mol. The topological polar surface area (TPSA) is 66.3 Å². The van der Waals surface area contributed by atoms with Gasteiger partial charge >= 0.3 is 0 Å². The van der Waals surface area contributed by atoms with E-state index in [4.69, 9.17) is 4.98 Å². The zero-order valence-corrected chi connectivity index (χ0v) is 20.0. The number of fused-ring (bicyclic) bond motifs is 2. The van der Waals surface area contributed by atoms with Crippen molar-refractivity contribution in [2.24, 2.45) is 0 Å². The van der Waals surface area contributed by atoms with Crippen LogP contribution in [0.4, 0.5) is 17.3 Å². The Hall–Kier alpha value is -3.71. The largest absolute Gasteiger partial charge is 0.369 e. The number of likely N-dealkylation sites (N-methyl/N-ethyl adjacent to an activating group) is 1. The summed E-state index contributed by atoms with van der Waals surface area (Å²) in [6.07, 6.45) is 4.84. The lowest BCUT2D eigenvalue weighted by molar-refractivity contribution is 0.313. The Balaban J connectivity index is 1.31. The van der Waals surface area contributed by atoms with Crippen LogP contribution < -0.4 is 15.8 Å². The molecule has 35 heavy (non-hydrogen) atoms. The molecule has 1 fully saturated rings. The molecule has 1 atom stereocenters. The van der Waals surface area contributed by atoms with Gasteiger partial charge in [0, 0.05) is 55.2 Å². The first kappa shape index (κ1) is 21.8. The lowest BCUT2D eigenvalue weighted by Gasteiger charge is -2.34. The fourth-order valence-corrected chi connectivity index (χ4v) is 5.35. The molecule has 0 amide bonds. The fourth-order valence-electron chi connectivity index (χ4n) is 5.35. The SMILES string of the molecule is CN1CCN(c2ccc(Nc3ncc4ccc(=O)n([C@@H]5CCCc6ccccc65)c4n3)cc2)CC1. The molecule has 1 N–H and O–H groups in total. The summed E-state index contributed by atoms with van der Waals surface area (Å²) >= 11 is 0. The van der Waals surface area contributed by atoms with Gasteiger partial charge in [-0.2, -0.15) is 4.98 Å². The monoisotopic (exact) mass is 466 g/mol.